The number of fused-ring (bicyclic) bond motifs is 7. The van der Waals surface area contributed by atoms with Gasteiger partial charge in [-0.1, -0.05) is 73.8 Å². The highest BCUT2D eigenvalue weighted by Gasteiger charge is 2.75. The molecule has 0 spiro atoms. The van der Waals surface area contributed by atoms with Crippen LogP contribution in [0, 0.1) is 40.4 Å². The van der Waals surface area contributed by atoms with Crippen LogP contribution in [0.3, 0.4) is 0 Å². The van der Waals surface area contributed by atoms with Gasteiger partial charge in [-0.05, 0) is 67.3 Å². The number of ether oxygens (including phenoxy) is 2. The SMILES string of the molecule is C[C@]12C=CC(O)C=C1CC[C@@H]1[C@@H]2[C@@H](O)C[C@@]2(C)[C@H]1C[C@H]1O[C@@H](c3cccc(C#Cc4ccc(CO)cc4)c3)O[C@]12C(=O)CO. The van der Waals surface area contributed by atoms with Crippen molar-refractivity contribution in [2.24, 2.45) is 28.6 Å². The van der Waals surface area contributed by atoms with Crippen LogP contribution in [-0.4, -0.2) is 56.7 Å². The highest BCUT2D eigenvalue weighted by Crippen LogP contribution is 2.70. The topological polar surface area (TPSA) is 116 Å². The average Bonchev–Trinajstić information content (AvgIpc) is 3.53. The Labute approximate surface area is 258 Å². The number of hydrogen-bond acceptors (Lipinski definition) is 7. The lowest BCUT2D eigenvalue weighted by Gasteiger charge is -2.60. The number of ketones is 1. The lowest BCUT2D eigenvalue weighted by Crippen LogP contribution is -2.63. The molecule has 7 nitrogen and oxygen atoms in total. The molecule has 1 saturated heterocycles. The zero-order valence-electron chi connectivity index (χ0n) is 25.1. The molecule has 4 N–H and O–H groups in total. The second-order valence-electron chi connectivity index (χ2n) is 13.7. The summed E-state index contributed by atoms with van der Waals surface area (Å²) in [7, 11) is 0. The molecule has 1 unspecified atom stereocenters. The molecule has 0 amide bonds. The Morgan fingerprint density at radius 2 is 1.82 bits per heavy atom. The minimum atomic E-state index is -1.38. The summed E-state index contributed by atoms with van der Waals surface area (Å²) in [5, 5.41) is 41.6. The molecule has 2 aromatic rings. The predicted octanol–water partition coefficient (Wildman–Crippen LogP) is 3.97. The van der Waals surface area contributed by atoms with Crippen LogP contribution < -0.4 is 0 Å². The van der Waals surface area contributed by atoms with Gasteiger partial charge in [0.05, 0.1) is 24.9 Å². The van der Waals surface area contributed by atoms with Crippen molar-refractivity contribution in [3.63, 3.8) is 0 Å². The number of allylic oxidation sites excluding steroid dienone is 2. The van der Waals surface area contributed by atoms with Crippen molar-refractivity contribution in [1.29, 1.82) is 0 Å². The van der Waals surface area contributed by atoms with Crippen molar-refractivity contribution in [3.05, 3.63) is 94.6 Å². The fourth-order valence-corrected chi connectivity index (χ4v) is 9.56. The quantitative estimate of drug-likeness (QED) is 0.312. The molecule has 1 aliphatic heterocycles. The predicted molar refractivity (Wildman–Crippen MR) is 163 cm³/mol. The van der Waals surface area contributed by atoms with Gasteiger partial charge >= 0.3 is 0 Å². The molecular weight excluding hydrogens is 556 g/mol. The minimum Gasteiger partial charge on any atom is -0.393 e. The number of benzene rings is 2. The molecule has 5 aliphatic rings. The molecule has 0 bridgehead atoms. The number of carbonyl (C=O) groups is 1. The first-order chi connectivity index (χ1) is 21.1. The maximum Gasteiger partial charge on any atom is 0.193 e. The van der Waals surface area contributed by atoms with Gasteiger partial charge in [-0.2, -0.15) is 0 Å². The van der Waals surface area contributed by atoms with Crippen LogP contribution >= 0.6 is 0 Å². The van der Waals surface area contributed by atoms with Gasteiger partial charge in [-0.15, -0.1) is 0 Å². The van der Waals surface area contributed by atoms with E-state index in [2.05, 4.69) is 31.8 Å². The van der Waals surface area contributed by atoms with Crippen molar-refractivity contribution < 1.29 is 34.7 Å². The Bertz CT molecular complexity index is 1580. The normalized spacial score (nSPS) is 40.1. The number of carbonyl (C=O) groups excluding carboxylic acids is 1. The van der Waals surface area contributed by atoms with Crippen LogP contribution in [0.15, 0.2) is 72.3 Å². The highest BCUT2D eigenvalue weighted by atomic mass is 16.7. The van der Waals surface area contributed by atoms with E-state index in [0.29, 0.717) is 12.8 Å². The number of Topliss-reactive ketones (excluding diaryl/α,β-unsaturated/α-hetero) is 1. The summed E-state index contributed by atoms with van der Waals surface area (Å²) in [6, 6.07) is 15.0. The lowest BCUT2D eigenvalue weighted by molar-refractivity contribution is -0.201. The molecule has 4 fully saturated rings. The fraction of sp³-hybridized carbons (Fsp3) is 0.486. The van der Waals surface area contributed by atoms with Crippen LogP contribution in [-0.2, 0) is 20.9 Å². The third-order valence-electron chi connectivity index (χ3n) is 11.5. The second-order valence-corrected chi connectivity index (χ2v) is 13.7. The Balaban J connectivity index is 1.19. The molecule has 230 valence electrons. The first-order valence-electron chi connectivity index (χ1n) is 15.7. The number of hydrogen-bond donors (Lipinski definition) is 4. The largest absolute Gasteiger partial charge is 0.393 e. The minimum absolute atomic E-state index is 0.0155. The summed E-state index contributed by atoms with van der Waals surface area (Å²) in [5.74, 6) is 6.09. The van der Waals surface area contributed by atoms with Crippen LogP contribution in [0.25, 0.3) is 0 Å². The fourth-order valence-electron chi connectivity index (χ4n) is 9.56. The van der Waals surface area contributed by atoms with Gasteiger partial charge in [0, 0.05) is 33.4 Å². The zero-order chi connectivity index (χ0) is 30.9. The Kier molecular flexibility index (Phi) is 7.25. The molecule has 4 aliphatic carbocycles. The highest BCUT2D eigenvalue weighted by molar-refractivity contribution is 5.91. The van der Waals surface area contributed by atoms with Gasteiger partial charge < -0.3 is 29.9 Å². The molecule has 3 saturated carbocycles. The average molecular weight is 597 g/mol. The summed E-state index contributed by atoms with van der Waals surface area (Å²) in [6.45, 7) is 3.54. The summed E-state index contributed by atoms with van der Waals surface area (Å²) < 4.78 is 13.3. The van der Waals surface area contributed by atoms with E-state index in [1.54, 1.807) is 0 Å². The van der Waals surface area contributed by atoms with E-state index in [0.717, 1.165) is 35.1 Å². The van der Waals surface area contributed by atoms with Crippen LogP contribution in [0.5, 0.6) is 0 Å². The number of aliphatic hydroxyl groups is 4. The van der Waals surface area contributed by atoms with Crippen molar-refractivity contribution in [1.82, 2.24) is 0 Å². The summed E-state index contributed by atoms with van der Waals surface area (Å²) in [5.41, 5.74) is 1.87. The summed E-state index contributed by atoms with van der Waals surface area (Å²) in [4.78, 5) is 13.8. The first-order valence-corrected chi connectivity index (χ1v) is 15.7. The molecule has 10 atom stereocenters. The zero-order valence-corrected chi connectivity index (χ0v) is 25.1. The summed E-state index contributed by atoms with van der Waals surface area (Å²) >= 11 is 0. The molecule has 1 heterocycles. The maximum absolute atomic E-state index is 13.8. The smallest absolute Gasteiger partial charge is 0.193 e. The molecule has 0 aromatic heterocycles. The van der Waals surface area contributed by atoms with Gasteiger partial charge in [-0.3, -0.25) is 4.79 Å². The van der Waals surface area contributed by atoms with E-state index >= 15 is 0 Å². The van der Waals surface area contributed by atoms with Crippen LogP contribution in [0.2, 0.25) is 0 Å². The van der Waals surface area contributed by atoms with Crippen LogP contribution in [0.1, 0.15) is 68.1 Å². The second kappa shape index (κ2) is 10.8. The van der Waals surface area contributed by atoms with Crippen LogP contribution in [0.4, 0.5) is 0 Å². The Morgan fingerprint density at radius 1 is 1.05 bits per heavy atom. The van der Waals surface area contributed by atoms with E-state index in [-0.39, 0.29) is 29.8 Å². The van der Waals surface area contributed by atoms with E-state index in [9.17, 15) is 25.2 Å². The van der Waals surface area contributed by atoms with Gasteiger partial charge in [0.2, 0.25) is 0 Å². The van der Waals surface area contributed by atoms with E-state index in [1.165, 1.54) is 5.57 Å². The molecule has 2 aromatic carbocycles. The van der Waals surface area contributed by atoms with Crippen molar-refractivity contribution in [2.45, 2.75) is 76.3 Å². The van der Waals surface area contributed by atoms with Gasteiger partial charge in [0.1, 0.15) is 6.61 Å². The van der Waals surface area contributed by atoms with Gasteiger partial charge in [0.25, 0.3) is 0 Å². The molecular formula is C37H40O7. The maximum atomic E-state index is 13.8. The molecule has 44 heavy (non-hydrogen) atoms. The van der Waals surface area contributed by atoms with Gasteiger partial charge in [-0.25, -0.2) is 0 Å². The van der Waals surface area contributed by atoms with Crippen molar-refractivity contribution >= 4 is 5.78 Å². The summed E-state index contributed by atoms with van der Waals surface area (Å²) in [6.07, 6.45) is 5.81. The molecule has 7 heteroatoms. The third-order valence-corrected chi connectivity index (χ3v) is 11.5. The standard InChI is InChI=1S/C37H40O7/c1-35-15-14-27(40)17-26(35)12-13-28-29-18-32-37(31(42)21-39,36(29,2)19-30(41)33(28)35)44-34(43-32)25-5-3-4-23(16-25)9-6-22-7-10-24(20-38)11-8-22/h3-5,7-8,10-11,14-17,27-30,32-34,38-41H,12-13,18-21H2,1-2H3/t27?,28-,29-,30-,32+,33+,34+,35-,36-,37+/m0/s1. The lowest BCUT2D eigenvalue weighted by atomic mass is 9.46. The Hall–Kier alpha value is -3.09. The Morgan fingerprint density at radius 3 is 2.57 bits per heavy atom. The molecule has 0 radical (unpaired) electrons. The van der Waals surface area contributed by atoms with Crippen molar-refractivity contribution in [3.8, 4) is 11.8 Å². The number of aliphatic hydroxyl groups excluding tert-OH is 4. The van der Waals surface area contributed by atoms with E-state index in [1.807, 2.05) is 60.7 Å². The molecule has 7 rings (SSSR count). The van der Waals surface area contributed by atoms with E-state index in [4.69, 9.17) is 9.47 Å². The monoisotopic (exact) mass is 596 g/mol. The first kappa shape index (κ1) is 29.6. The van der Waals surface area contributed by atoms with E-state index < -0.39 is 48.0 Å². The van der Waals surface area contributed by atoms with Gasteiger partial charge in [0.15, 0.2) is 17.7 Å². The van der Waals surface area contributed by atoms with Crippen molar-refractivity contribution in [2.75, 3.05) is 6.61 Å². The number of rotatable bonds is 4. The third kappa shape index (κ3) is 4.31.